The molecular weight excluding hydrogens is 284 g/mol. The highest BCUT2D eigenvalue weighted by Gasteiger charge is 2.26. The normalized spacial score (nSPS) is 24.5. The van der Waals surface area contributed by atoms with E-state index < -0.39 is 6.09 Å². The summed E-state index contributed by atoms with van der Waals surface area (Å²) < 4.78 is 0. The fourth-order valence-electron chi connectivity index (χ4n) is 3.18. The number of nitrogens with zero attached hydrogens (tertiary/aromatic N) is 2. The number of carbonyl (C=O) groups excluding carboxylic acids is 1. The molecule has 1 aromatic rings. The van der Waals surface area contributed by atoms with Gasteiger partial charge in [0.2, 0.25) is 5.91 Å². The molecule has 2 fully saturated rings. The summed E-state index contributed by atoms with van der Waals surface area (Å²) in [6, 6.07) is 4.01. The fourth-order valence-corrected chi connectivity index (χ4v) is 3.18. The van der Waals surface area contributed by atoms with Crippen LogP contribution in [-0.4, -0.2) is 40.7 Å². The molecule has 3 N–H and O–H groups in total. The van der Waals surface area contributed by atoms with Crippen LogP contribution in [0.15, 0.2) is 18.3 Å². The van der Waals surface area contributed by atoms with Crippen molar-refractivity contribution in [1.29, 1.82) is 0 Å². The molecule has 0 aromatic carbocycles. The predicted molar refractivity (Wildman–Crippen MR) is 82.0 cm³/mol. The summed E-state index contributed by atoms with van der Waals surface area (Å²) >= 11 is 0. The molecule has 7 heteroatoms. The van der Waals surface area contributed by atoms with Gasteiger partial charge in [-0.1, -0.05) is 0 Å². The Labute approximate surface area is 128 Å². The summed E-state index contributed by atoms with van der Waals surface area (Å²) in [5, 5.41) is 14.6. The van der Waals surface area contributed by atoms with Gasteiger partial charge in [-0.25, -0.2) is 9.78 Å². The molecule has 0 spiro atoms. The Morgan fingerprint density at radius 3 is 2.77 bits per heavy atom. The van der Waals surface area contributed by atoms with Crippen LogP contribution in [0.3, 0.4) is 0 Å². The number of carboxylic acid groups (broad SMARTS) is 1. The van der Waals surface area contributed by atoms with Crippen LogP contribution in [0, 0.1) is 0 Å². The molecule has 7 nitrogen and oxygen atoms in total. The van der Waals surface area contributed by atoms with Gasteiger partial charge in [0.05, 0.1) is 11.9 Å². The molecule has 1 saturated heterocycles. The highest BCUT2D eigenvalue weighted by molar-refractivity contribution is 5.95. The highest BCUT2D eigenvalue weighted by atomic mass is 16.4. The molecule has 1 saturated carbocycles. The molecule has 2 heterocycles. The minimum absolute atomic E-state index is 0.0106. The third-order valence-electron chi connectivity index (χ3n) is 4.25. The van der Waals surface area contributed by atoms with Crippen molar-refractivity contribution in [2.24, 2.45) is 0 Å². The fraction of sp³-hybridized carbons (Fsp3) is 0.533. The average Bonchev–Trinajstić information content (AvgIpc) is 3.08. The molecule has 0 radical (unpaired) electrons. The first kappa shape index (κ1) is 14.6. The molecule has 1 aliphatic heterocycles. The molecule has 1 aromatic heterocycles. The van der Waals surface area contributed by atoms with Crippen LogP contribution in [0.2, 0.25) is 0 Å². The Hall–Kier alpha value is -2.31. The predicted octanol–water partition coefficient (Wildman–Crippen LogP) is 1.81. The number of aromatic nitrogens is 1. The van der Waals surface area contributed by atoms with Gasteiger partial charge < -0.3 is 20.6 Å². The Kier molecular flexibility index (Phi) is 4.13. The molecule has 2 amide bonds. The zero-order chi connectivity index (χ0) is 15.5. The lowest BCUT2D eigenvalue weighted by Crippen LogP contribution is -2.32. The second kappa shape index (κ2) is 6.21. The molecule has 1 aliphatic carbocycles. The van der Waals surface area contributed by atoms with E-state index in [1.54, 1.807) is 11.1 Å². The first-order chi connectivity index (χ1) is 10.6. The van der Waals surface area contributed by atoms with Crippen LogP contribution in [0.1, 0.15) is 32.1 Å². The lowest BCUT2D eigenvalue weighted by atomic mass is 10.2. The zero-order valence-corrected chi connectivity index (χ0v) is 12.3. The highest BCUT2D eigenvalue weighted by Crippen LogP contribution is 2.24. The number of amides is 2. The quantitative estimate of drug-likeness (QED) is 0.788. The Morgan fingerprint density at radius 1 is 1.32 bits per heavy atom. The number of pyridine rings is 1. The van der Waals surface area contributed by atoms with Crippen molar-refractivity contribution in [2.75, 3.05) is 16.8 Å². The van der Waals surface area contributed by atoms with E-state index in [1.807, 2.05) is 12.1 Å². The van der Waals surface area contributed by atoms with Gasteiger partial charge in [-0.05, 0) is 37.8 Å². The number of anilines is 2. The van der Waals surface area contributed by atoms with E-state index >= 15 is 0 Å². The summed E-state index contributed by atoms with van der Waals surface area (Å²) in [5.74, 6) is 0.914. The molecule has 0 unspecified atom stereocenters. The Morgan fingerprint density at radius 2 is 2.14 bits per heavy atom. The van der Waals surface area contributed by atoms with Crippen LogP contribution < -0.4 is 15.5 Å². The summed E-state index contributed by atoms with van der Waals surface area (Å²) in [5.41, 5.74) is 0.838. The van der Waals surface area contributed by atoms with E-state index in [0.717, 1.165) is 43.7 Å². The first-order valence-electron chi connectivity index (χ1n) is 7.64. The molecular formula is C15H20N4O3. The summed E-state index contributed by atoms with van der Waals surface area (Å²) in [4.78, 5) is 28.5. The summed E-state index contributed by atoms with van der Waals surface area (Å²) in [6.07, 6.45) is 4.78. The van der Waals surface area contributed by atoms with Crippen LogP contribution in [0.5, 0.6) is 0 Å². The standard InChI is InChI=1S/C15H20N4O3/c20-14-2-1-7-19(14)12-5-6-13(16-9-12)17-10-3-4-11(8-10)18-15(21)22/h5-6,9-11,18H,1-4,7-8H2,(H,16,17)(H,21,22)/t10-,11-/m0/s1. The minimum Gasteiger partial charge on any atom is -0.465 e. The van der Waals surface area contributed by atoms with Crippen molar-refractivity contribution in [3.63, 3.8) is 0 Å². The largest absolute Gasteiger partial charge is 0.465 e. The SMILES string of the molecule is O=C(O)N[C@H]1CC[C@H](Nc2ccc(N3CCCC3=O)cn2)C1. The third kappa shape index (κ3) is 3.29. The maximum atomic E-state index is 11.7. The van der Waals surface area contributed by atoms with Gasteiger partial charge in [-0.15, -0.1) is 0 Å². The lowest BCUT2D eigenvalue weighted by Gasteiger charge is -2.17. The molecule has 3 rings (SSSR count). The van der Waals surface area contributed by atoms with E-state index in [4.69, 9.17) is 5.11 Å². The maximum absolute atomic E-state index is 11.7. The second-order valence-corrected chi connectivity index (χ2v) is 5.85. The van der Waals surface area contributed by atoms with Crippen LogP contribution in [0.4, 0.5) is 16.3 Å². The van der Waals surface area contributed by atoms with Crippen molar-refractivity contribution in [3.8, 4) is 0 Å². The van der Waals surface area contributed by atoms with Gasteiger partial charge in [0.25, 0.3) is 0 Å². The van der Waals surface area contributed by atoms with Gasteiger partial charge in [0.1, 0.15) is 5.82 Å². The van der Waals surface area contributed by atoms with E-state index in [0.29, 0.717) is 6.42 Å². The molecule has 22 heavy (non-hydrogen) atoms. The number of hydrogen-bond donors (Lipinski definition) is 3. The third-order valence-corrected chi connectivity index (χ3v) is 4.25. The van der Waals surface area contributed by atoms with Gasteiger partial charge in [0.15, 0.2) is 0 Å². The average molecular weight is 304 g/mol. The van der Waals surface area contributed by atoms with Crippen LogP contribution >= 0.6 is 0 Å². The summed E-state index contributed by atoms with van der Waals surface area (Å²) in [6.45, 7) is 0.762. The molecule has 118 valence electrons. The van der Waals surface area contributed by atoms with Crippen molar-refractivity contribution in [1.82, 2.24) is 10.3 Å². The summed E-state index contributed by atoms with van der Waals surface area (Å²) in [7, 11) is 0. The number of nitrogens with one attached hydrogen (secondary N) is 2. The van der Waals surface area contributed by atoms with Gasteiger partial charge in [-0.3, -0.25) is 4.79 Å². The lowest BCUT2D eigenvalue weighted by molar-refractivity contribution is -0.117. The van der Waals surface area contributed by atoms with Gasteiger partial charge in [-0.2, -0.15) is 0 Å². The molecule has 2 atom stereocenters. The second-order valence-electron chi connectivity index (χ2n) is 5.85. The van der Waals surface area contributed by atoms with Crippen LogP contribution in [-0.2, 0) is 4.79 Å². The monoisotopic (exact) mass is 304 g/mol. The minimum atomic E-state index is -0.969. The van der Waals surface area contributed by atoms with E-state index in [2.05, 4.69) is 15.6 Å². The van der Waals surface area contributed by atoms with Crippen LogP contribution in [0.25, 0.3) is 0 Å². The van der Waals surface area contributed by atoms with Gasteiger partial charge in [0, 0.05) is 25.0 Å². The van der Waals surface area contributed by atoms with Crippen molar-refractivity contribution in [3.05, 3.63) is 18.3 Å². The van der Waals surface area contributed by atoms with Crippen molar-refractivity contribution < 1.29 is 14.7 Å². The van der Waals surface area contributed by atoms with Crippen molar-refractivity contribution >= 4 is 23.5 Å². The smallest absolute Gasteiger partial charge is 0.404 e. The van der Waals surface area contributed by atoms with Crippen molar-refractivity contribution in [2.45, 2.75) is 44.2 Å². The zero-order valence-electron chi connectivity index (χ0n) is 12.3. The number of rotatable bonds is 4. The van der Waals surface area contributed by atoms with Gasteiger partial charge >= 0.3 is 6.09 Å². The Balaban J connectivity index is 1.55. The maximum Gasteiger partial charge on any atom is 0.404 e. The molecule has 2 aliphatic rings. The first-order valence-corrected chi connectivity index (χ1v) is 7.64. The Bertz CT molecular complexity index is 560. The van der Waals surface area contributed by atoms with E-state index in [1.165, 1.54) is 0 Å². The van der Waals surface area contributed by atoms with E-state index in [-0.39, 0.29) is 18.0 Å². The topological polar surface area (TPSA) is 94.6 Å². The number of hydrogen-bond acceptors (Lipinski definition) is 4. The number of carbonyl (C=O) groups is 2. The molecule has 0 bridgehead atoms. The van der Waals surface area contributed by atoms with E-state index in [9.17, 15) is 9.59 Å².